The fourth-order valence-electron chi connectivity index (χ4n) is 3.87. The van der Waals surface area contributed by atoms with Crippen molar-refractivity contribution in [2.24, 2.45) is 5.92 Å². The largest absolute Gasteiger partial charge is 0.348 e. The molecule has 1 fully saturated rings. The molecule has 3 nitrogen and oxygen atoms in total. The number of rotatable bonds is 3. The molecule has 1 aromatic rings. The van der Waals surface area contributed by atoms with Crippen LogP contribution in [0.5, 0.6) is 0 Å². The molecule has 0 bridgehead atoms. The fraction of sp³-hybridized carbons (Fsp3) is 0.706. The first-order valence-corrected chi connectivity index (χ1v) is 8.20. The Bertz CT molecular complexity index is 459. The van der Waals surface area contributed by atoms with Crippen LogP contribution in [-0.4, -0.2) is 21.9 Å². The van der Waals surface area contributed by atoms with Gasteiger partial charge in [-0.3, -0.25) is 4.79 Å². The highest BCUT2D eigenvalue weighted by Crippen LogP contribution is 2.29. The van der Waals surface area contributed by atoms with Gasteiger partial charge in [0.25, 0.3) is 0 Å². The number of carbonyl (C=O) groups excluding carboxylic acids is 1. The number of fused-ring (bicyclic) bond motifs is 1. The molecule has 3 rings (SSSR count). The summed E-state index contributed by atoms with van der Waals surface area (Å²) < 4.78 is 2.27. The molecule has 0 N–H and O–H groups in total. The Labute approximate surface area is 122 Å². The molecule has 1 aromatic heterocycles. The van der Waals surface area contributed by atoms with Crippen molar-refractivity contribution in [3.63, 3.8) is 0 Å². The van der Waals surface area contributed by atoms with Gasteiger partial charge in [0.15, 0.2) is 0 Å². The lowest BCUT2D eigenvalue weighted by atomic mass is 9.86. The van der Waals surface area contributed by atoms with Gasteiger partial charge in [0.2, 0.25) is 5.91 Å². The molecule has 0 radical (unpaired) electrons. The highest BCUT2D eigenvalue weighted by Gasteiger charge is 2.27. The zero-order chi connectivity index (χ0) is 13.9. The quantitative estimate of drug-likeness (QED) is 0.824. The Morgan fingerprint density at radius 3 is 2.85 bits per heavy atom. The van der Waals surface area contributed by atoms with Crippen molar-refractivity contribution >= 4 is 5.91 Å². The predicted molar refractivity (Wildman–Crippen MR) is 80.4 cm³/mol. The van der Waals surface area contributed by atoms with Crippen molar-refractivity contribution in [1.82, 2.24) is 9.47 Å². The zero-order valence-corrected chi connectivity index (χ0v) is 12.6. The minimum absolute atomic E-state index is 0.234. The Morgan fingerprint density at radius 2 is 2.05 bits per heavy atom. The summed E-state index contributed by atoms with van der Waals surface area (Å²) in [6, 6.07) is 4.46. The second kappa shape index (κ2) is 6.02. The van der Waals surface area contributed by atoms with Crippen LogP contribution in [0.2, 0.25) is 0 Å². The van der Waals surface area contributed by atoms with Crippen LogP contribution in [0.3, 0.4) is 0 Å². The number of aromatic nitrogens is 1. The molecular formula is C17H26N2O. The summed E-state index contributed by atoms with van der Waals surface area (Å²) in [5.41, 5.74) is 1.28. The average Bonchev–Trinajstić information content (AvgIpc) is 2.96. The first kappa shape index (κ1) is 13.7. The second-order valence-corrected chi connectivity index (χ2v) is 6.43. The summed E-state index contributed by atoms with van der Waals surface area (Å²) in [5.74, 6) is 1.16. The van der Waals surface area contributed by atoms with E-state index in [9.17, 15) is 4.79 Å². The van der Waals surface area contributed by atoms with Crippen LogP contribution >= 0.6 is 0 Å². The number of hydrogen-bond acceptors (Lipinski definition) is 1. The molecular weight excluding hydrogens is 248 g/mol. The van der Waals surface area contributed by atoms with Crippen LogP contribution in [0.25, 0.3) is 0 Å². The first-order valence-electron chi connectivity index (χ1n) is 8.20. The third-order valence-corrected chi connectivity index (χ3v) is 5.15. The van der Waals surface area contributed by atoms with Crippen molar-refractivity contribution in [2.45, 2.75) is 64.5 Å². The van der Waals surface area contributed by atoms with Crippen LogP contribution in [0.1, 0.15) is 63.6 Å². The predicted octanol–water partition coefficient (Wildman–Crippen LogP) is 3.75. The van der Waals surface area contributed by atoms with E-state index in [2.05, 4.69) is 34.7 Å². The maximum absolute atomic E-state index is 12.5. The Hall–Kier alpha value is -1.25. The molecule has 3 heteroatoms. The lowest BCUT2D eigenvalue weighted by Crippen LogP contribution is -2.40. The lowest BCUT2D eigenvalue weighted by Gasteiger charge is -2.35. The lowest BCUT2D eigenvalue weighted by molar-refractivity contribution is -0.134. The van der Waals surface area contributed by atoms with E-state index in [1.165, 1.54) is 37.8 Å². The number of nitrogens with zero attached hydrogens (tertiary/aromatic N) is 2. The Kier molecular flexibility index (Phi) is 4.13. The van der Waals surface area contributed by atoms with Crippen LogP contribution in [-0.2, 0) is 11.3 Å². The number of hydrogen-bond donors (Lipinski definition) is 0. The molecule has 0 aromatic carbocycles. The summed E-state index contributed by atoms with van der Waals surface area (Å²) >= 11 is 0. The normalized spacial score (nSPS) is 23.6. The smallest absolute Gasteiger partial charge is 0.223 e. The van der Waals surface area contributed by atoms with Crippen molar-refractivity contribution in [2.75, 3.05) is 6.54 Å². The molecule has 1 saturated carbocycles. The van der Waals surface area contributed by atoms with E-state index in [-0.39, 0.29) is 6.04 Å². The van der Waals surface area contributed by atoms with E-state index >= 15 is 0 Å². The molecule has 1 aliphatic carbocycles. The average molecular weight is 274 g/mol. The third kappa shape index (κ3) is 2.77. The highest BCUT2D eigenvalue weighted by molar-refractivity contribution is 5.76. The van der Waals surface area contributed by atoms with E-state index < -0.39 is 0 Å². The summed E-state index contributed by atoms with van der Waals surface area (Å²) in [7, 11) is 0. The van der Waals surface area contributed by atoms with Gasteiger partial charge >= 0.3 is 0 Å². The Morgan fingerprint density at radius 1 is 1.25 bits per heavy atom. The topological polar surface area (TPSA) is 25.2 Å². The van der Waals surface area contributed by atoms with E-state index in [1.54, 1.807) is 0 Å². The van der Waals surface area contributed by atoms with Gasteiger partial charge in [0, 0.05) is 31.4 Å². The van der Waals surface area contributed by atoms with E-state index in [1.807, 2.05) is 0 Å². The maximum atomic E-state index is 12.5. The van der Waals surface area contributed by atoms with Crippen molar-refractivity contribution in [1.29, 1.82) is 0 Å². The monoisotopic (exact) mass is 274 g/mol. The minimum atomic E-state index is 0.234. The van der Waals surface area contributed by atoms with Gasteiger partial charge in [-0.2, -0.15) is 0 Å². The van der Waals surface area contributed by atoms with Crippen LogP contribution in [0.15, 0.2) is 18.3 Å². The van der Waals surface area contributed by atoms with Crippen molar-refractivity contribution in [3.8, 4) is 0 Å². The molecule has 1 amide bonds. The zero-order valence-electron chi connectivity index (χ0n) is 12.6. The number of amides is 1. The fourth-order valence-corrected chi connectivity index (χ4v) is 3.87. The SMILES string of the molecule is CC1c2cccn2CCN1C(=O)CCC1CCCCC1. The van der Waals surface area contributed by atoms with Crippen LogP contribution < -0.4 is 0 Å². The van der Waals surface area contributed by atoms with E-state index in [0.29, 0.717) is 5.91 Å². The van der Waals surface area contributed by atoms with Crippen molar-refractivity contribution < 1.29 is 4.79 Å². The van der Waals surface area contributed by atoms with Gasteiger partial charge in [-0.05, 0) is 31.4 Å². The van der Waals surface area contributed by atoms with Gasteiger partial charge in [-0.25, -0.2) is 0 Å². The van der Waals surface area contributed by atoms with Crippen LogP contribution in [0, 0.1) is 5.92 Å². The van der Waals surface area contributed by atoms with Gasteiger partial charge in [0.05, 0.1) is 6.04 Å². The molecule has 1 unspecified atom stereocenters. The van der Waals surface area contributed by atoms with Crippen molar-refractivity contribution in [3.05, 3.63) is 24.0 Å². The molecule has 1 atom stereocenters. The van der Waals surface area contributed by atoms with Crippen LogP contribution in [0.4, 0.5) is 0 Å². The van der Waals surface area contributed by atoms with Gasteiger partial charge in [-0.1, -0.05) is 32.1 Å². The second-order valence-electron chi connectivity index (χ2n) is 6.43. The summed E-state index contributed by atoms with van der Waals surface area (Å²) in [6.45, 7) is 3.97. The van der Waals surface area contributed by atoms with Gasteiger partial charge in [-0.15, -0.1) is 0 Å². The summed E-state index contributed by atoms with van der Waals surface area (Å²) in [6.07, 6.45) is 10.8. The molecule has 2 heterocycles. The molecule has 2 aliphatic rings. The molecule has 0 saturated heterocycles. The Balaban J connectivity index is 1.55. The molecule has 1 aliphatic heterocycles. The van der Waals surface area contributed by atoms with E-state index in [0.717, 1.165) is 31.8 Å². The summed E-state index contributed by atoms with van der Waals surface area (Å²) in [5, 5.41) is 0. The van der Waals surface area contributed by atoms with Gasteiger partial charge in [0.1, 0.15) is 0 Å². The minimum Gasteiger partial charge on any atom is -0.348 e. The standard InChI is InChI=1S/C17H26N2O/c1-14-16-8-5-11-18(16)12-13-19(14)17(20)10-9-15-6-3-2-4-7-15/h5,8,11,14-15H,2-4,6-7,9-10,12-13H2,1H3. The number of carbonyl (C=O) groups is 1. The molecule has 0 spiro atoms. The molecule has 20 heavy (non-hydrogen) atoms. The van der Waals surface area contributed by atoms with E-state index in [4.69, 9.17) is 0 Å². The highest BCUT2D eigenvalue weighted by atomic mass is 16.2. The first-order chi connectivity index (χ1) is 9.75. The van der Waals surface area contributed by atoms with Gasteiger partial charge < -0.3 is 9.47 Å². The molecule has 110 valence electrons. The maximum Gasteiger partial charge on any atom is 0.223 e. The third-order valence-electron chi connectivity index (χ3n) is 5.15. The summed E-state index contributed by atoms with van der Waals surface area (Å²) in [4.78, 5) is 14.6.